The third-order valence-corrected chi connectivity index (χ3v) is 19.7. The standard InChI is InChI=1S/C75H138N8O24/c1-13-62-51(4)54(7)68(79-57(10)85)73(105-62)102-45-42-96-33-30-93-36-39-99-48-65(88)76-26-21-18-24-60(71(91)78-28-20-16-17-23-29-84)83-72(92)61(82-67(90)50-101-41-38-95-32-35-98-44-47-104-75-70(81-59(12)87)56(9)53(6)64(15-3)107-75)25-19-22-27-77-66(89)49-100-40-37-94-31-34-97-43-46-103-74-69(80-58(11)86)55(8)52(5)63(14-2)106-74/h51-56,60-64,68-70,73-75,84H,13-50H2,1-12H3,(H,76,88)(H,77,89)(H,78,91)(H,79,85)(H,80,86)(H,81,87)(H,82,90)(H,83,92)/t51-,52-,53-,54+,55-,56+,60+,61+,62-,63-,64-,68-,69-,70-,73-,74-,75-/m1/s1. The predicted molar refractivity (Wildman–Crippen MR) is 396 cm³/mol. The molecule has 0 radical (unpaired) electrons. The predicted octanol–water partition coefficient (Wildman–Crippen LogP) is 3.13. The van der Waals surface area contributed by atoms with Crippen molar-refractivity contribution in [3.05, 3.63) is 0 Å². The molecule has 9 N–H and O–H groups in total. The first kappa shape index (κ1) is 96.3. The molecular weight excluding hydrogens is 1400 g/mol. The fraction of sp³-hybridized carbons (Fsp3) is 0.893. The van der Waals surface area contributed by atoms with Crippen LogP contribution in [0.4, 0.5) is 0 Å². The summed E-state index contributed by atoms with van der Waals surface area (Å²) in [5, 5.41) is 32.4. The van der Waals surface area contributed by atoms with Crippen LogP contribution >= 0.6 is 0 Å². The van der Waals surface area contributed by atoms with Crippen LogP contribution in [0, 0.1) is 35.5 Å². The van der Waals surface area contributed by atoms with Crippen molar-refractivity contribution in [3.63, 3.8) is 0 Å². The molecule has 0 aromatic carbocycles. The van der Waals surface area contributed by atoms with Gasteiger partial charge in [0.15, 0.2) is 18.9 Å². The third-order valence-electron chi connectivity index (χ3n) is 19.7. The van der Waals surface area contributed by atoms with Crippen LogP contribution in [-0.2, 0) is 109 Å². The van der Waals surface area contributed by atoms with Crippen molar-refractivity contribution in [2.24, 2.45) is 35.5 Å². The molecule has 0 unspecified atom stereocenters. The van der Waals surface area contributed by atoms with E-state index in [0.717, 1.165) is 32.1 Å². The van der Waals surface area contributed by atoms with Crippen molar-refractivity contribution in [3.8, 4) is 0 Å². The Morgan fingerprint density at radius 3 is 0.953 bits per heavy atom. The minimum absolute atomic E-state index is 0.00826. The van der Waals surface area contributed by atoms with Gasteiger partial charge < -0.3 is 119 Å². The number of aliphatic hydroxyl groups is 1. The highest BCUT2D eigenvalue weighted by atomic mass is 16.7. The average Bonchev–Trinajstić information content (AvgIpc) is 0.822. The van der Waals surface area contributed by atoms with Crippen molar-refractivity contribution in [1.29, 1.82) is 0 Å². The summed E-state index contributed by atoms with van der Waals surface area (Å²) in [7, 11) is 0. The van der Waals surface area contributed by atoms with Gasteiger partial charge in [-0.3, -0.25) is 38.4 Å². The Morgan fingerprint density at radius 2 is 0.626 bits per heavy atom. The van der Waals surface area contributed by atoms with Crippen LogP contribution in [0.2, 0.25) is 0 Å². The van der Waals surface area contributed by atoms with Gasteiger partial charge in [0.2, 0.25) is 47.3 Å². The summed E-state index contributed by atoms with van der Waals surface area (Å²) >= 11 is 0. The van der Waals surface area contributed by atoms with E-state index in [4.69, 9.17) is 71.1 Å². The van der Waals surface area contributed by atoms with Gasteiger partial charge in [-0.15, -0.1) is 0 Å². The lowest BCUT2D eigenvalue weighted by molar-refractivity contribution is -0.239. The van der Waals surface area contributed by atoms with Crippen LogP contribution in [0.1, 0.15) is 167 Å². The van der Waals surface area contributed by atoms with Crippen LogP contribution < -0.4 is 42.5 Å². The van der Waals surface area contributed by atoms with Gasteiger partial charge in [-0.2, -0.15) is 0 Å². The van der Waals surface area contributed by atoms with Gasteiger partial charge in [0.25, 0.3) is 0 Å². The van der Waals surface area contributed by atoms with E-state index in [1.165, 1.54) is 20.8 Å². The number of nitrogens with one attached hydrogen (secondary N) is 8. The molecule has 32 heteroatoms. The molecule has 17 atom stereocenters. The van der Waals surface area contributed by atoms with E-state index in [-0.39, 0.29) is 233 Å². The summed E-state index contributed by atoms with van der Waals surface area (Å²) in [6.45, 7) is 27.9. The summed E-state index contributed by atoms with van der Waals surface area (Å²) in [4.78, 5) is 103. The molecule has 3 aliphatic rings. The molecule has 622 valence electrons. The number of ether oxygens (including phenoxy) is 15. The minimum atomic E-state index is -1.09. The van der Waals surface area contributed by atoms with E-state index in [2.05, 4.69) is 105 Å². The molecule has 3 heterocycles. The highest BCUT2D eigenvalue weighted by Gasteiger charge is 2.44. The lowest BCUT2D eigenvalue weighted by atomic mass is 9.81. The normalized spacial score (nSPS) is 24.9. The van der Waals surface area contributed by atoms with E-state index in [1.807, 2.05) is 0 Å². The molecule has 0 aromatic rings. The zero-order chi connectivity index (χ0) is 78.6. The number of hydrogen-bond acceptors (Lipinski definition) is 24. The first-order valence-corrected chi connectivity index (χ1v) is 39.4. The minimum Gasteiger partial charge on any atom is -0.396 e. The lowest BCUT2D eigenvalue weighted by Crippen LogP contribution is -2.57. The summed E-state index contributed by atoms with van der Waals surface area (Å²) < 4.78 is 87.2. The fourth-order valence-corrected chi connectivity index (χ4v) is 13.0. The van der Waals surface area contributed by atoms with E-state index < -0.39 is 48.7 Å². The molecule has 0 spiro atoms. The number of rotatable bonds is 62. The number of unbranched alkanes of at least 4 members (excludes halogenated alkanes) is 5. The zero-order valence-corrected chi connectivity index (χ0v) is 66.5. The van der Waals surface area contributed by atoms with Crippen LogP contribution in [0.5, 0.6) is 0 Å². The van der Waals surface area contributed by atoms with Gasteiger partial charge in [0, 0.05) is 47.0 Å². The molecule has 3 aliphatic heterocycles. The van der Waals surface area contributed by atoms with Gasteiger partial charge in [0.1, 0.15) is 31.9 Å². The van der Waals surface area contributed by atoms with E-state index in [9.17, 15) is 43.5 Å². The SMILES string of the molecule is CC[C@H]1O[C@@H](OCCOCCOCCOCC(=O)NCCCC[C@H](NC(=O)COCCOCCOCCO[C@@H]2O[C@H](CC)[C@H](C)[C@H](C)[C@H]2NC(C)=O)C(=O)N[C@@H](CCCCNC(=O)COCCOCCOCCO[C@@H]2O[C@H](CC)[C@H](C)[C@H](C)[C@H]2NC(C)=O)C(=O)NCCCCCCO)[C@H](NC(C)=O)[C@H](C)[C@H]1C. The number of carbonyl (C=O) groups is 8. The maximum atomic E-state index is 14.2. The topological polar surface area (TPSA) is 391 Å². The third kappa shape index (κ3) is 41.3. The van der Waals surface area contributed by atoms with Crippen molar-refractivity contribution in [2.75, 3.05) is 165 Å². The smallest absolute Gasteiger partial charge is 0.246 e. The van der Waals surface area contributed by atoms with Crippen molar-refractivity contribution in [2.45, 2.75) is 234 Å². The van der Waals surface area contributed by atoms with Gasteiger partial charge in [0.05, 0.1) is 155 Å². The summed E-state index contributed by atoms with van der Waals surface area (Å²) in [5.74, 6) is -1.44. The lowest BCUT2D eigenvalue weighted by Gasteiger charge is -2.44. The molecular formula is C75H138N8O24. The van der Waals surface area contributed by atoms with Crippen LogP contribution in [0.3, 0.4) is 0 Å². The summed E-state index contributed by atoms with van der Waals surface area (Å²) in [6, 6.07) is -2.90. The monoisotopic (exact) mass is 1530 g/mol. The molecule has 8 amide bonds. The summed E-state index contributed by atoms with van der Waals surface area (Å²) in [6.07, 6.45) is 5.80. The number of hydrogen-bond donors (Lipinski definition) is 9. The van der Waals surface area contributed by atoms with Crippen LogP contribution in [0.25, 0.3) is 0 Å². The van der Waals surface area contributed by atoms with Crippen molar-refractivity contribution in [1.82, 2.24) is 42.5 Å². The molecule has 0 aromatic heterocycles. The Labute approximate surface area is 636 Å². The van der Waals surface area contributed by atoms with Gasteiger partial charge in [-0.25, -0.2) is 0 Å². The van der Waals surface area contributed by atoms with E-state index in [0.29, 0.717) is 84.7 Å². The van der Waals surface area contributed by atoms with Gasteiger partial charge >= 0.3 is 0 Å². The molecule has 0 saturated carbocycles. The van der Waals surface area contributed by atoms with E-state index in [1.54, 1.807) is 0 Å². The Morgan fingerprint density at radius 1 is 0.336 bits per heavy atom. The highest BCUT2D eigenvalue weighted by Crippen LogP contribution is 2.35. The van der Waals surface area contributed by atoms with Gasteiger partial charge in [-0.05, 0) is 106 Å². The Hall–Kier alpha value is -4.88. The van der Waals surface area contributed by atoms with Crippen molar-refractivity contribution >= 4 is 47.3 Å². The molecule has 3 rings (SSSR count). The number of amides is 8. The Bertz CT molecular complexity index is 2430. The second-order valence-electron chi connectivity index (χ2n) is 27.9. The molecule has 3 saturated heterocycles. The van der Waals surface area contributed by atoms with E-state index >= 15 is 0 Å². The zero-order valence-electron chi connectivity index (χ0n) is 66.5. The summed E-state index contributed by atoms with van der Waals surface area (Å²) in [5.41, 5.74) is 0. The molecule has 32 nitrogen and oxygen atoms in total. The van der Waals surface area contributed by atoms with Crippen LogP contribution in [0.15, 0.2) is 0 Å². The number of carbonyl (C=O) groups excluding carboxylic acids is 8. The van der Waals surface area contributed by atoms with Crippen LogP contribution in [-0.4, -0.2) is 285 Å². The highest BCUT2D eigenvalue weighted by molar-refractivity contribution is 5.92. The molecule has 3 fully saturated rings. The first-order chi connectivity index (χ1) is 51.6. The maximum Gasteiger partial charge on any atom is 0.246 e. The second-order valence-corrected chi connectivity index (χ2v) is 27.9. The largest absolute Gasteiger partial charge is 0.396 e. The second kappa shape index (κ2) is 59.0. The number of aliphatic hydroxyl groups excluding tert-OH is 1. The van der Waals surface area contributed by atoms with Crippen molar-refractivity contribution < 1.29 is 115 Å². The Kier molecular flexibility index (Phi) is 53.1. The molecule has 107 heavy (non-hydrogen) atoms. The molecule has 0 aliphatic carbocycles. The molecule has 0 bridgehead atoms. The quantitative estimate of drug-likeness (QED) is 0.0395. The first-order valence-electron chi connectivity index (χ1n) is 39.4. The van der Waals surface area contributed by atoms with Gasteiger partial charge in [-0.1, -0.05) is 75.2 Å². The Balaban J connectivity index is 1.44. The maximum absolute atomic E-state index is 14.2. The fourth-order valence-electron chi connectivity index (χ4n) is 13.0. The average molecular weight is 1540 g/mol.